The van der Waals surface area contributed by atoms with Gasteiger partial charge >= 0.3 is 0 Å². The topological polar surface area (TPSA) is 112 Å². The second-order valence-corrected chi connectivity index (χ2v) is 7.75. The maximum atomic E-state index is 12.2. The molecule has 0 bridgehead atoms. The van der Waals surface area contributed by atoms with Crippen molar-refractivity contribution in [1.29, 1.82) is 0 Å². The predicted molar refractivity (Wildman–Crippen MR) is 103 cm³/mol. The summed E-state index contributed by atoms with van der Waals surface area (Å²) in [7, 11) is -3.73. The van der Waals surface area contributed by atoms with Crippen molar-refractivity contribution in [2.45, 2.75) is 25.0 Å². The first kappa shape index (κ1) is 19.7. The van der Waals surface area contributed by atoms with Crippen LogP contribution in [0.25, 0.3) is 0 Å². The van der Waals surface area contributed by atoms with Gasteiger partial charge < -0.3 is 14.5 Å². The third-order valence-corrected chi connectivity index (χ3v) is 4.98. The molecule has 1 heterocycles. The van der Waals surface area contributed by atoms with Crippen molar-refractivity contribution in [3.05, 3.63) is 83.3 Å². The van der Waals surface area contributed by atoms with Crippen LogP contribution in [0, 0.1) is 6.92 Å². The van der Waals surface area contributed by atoms with Crippen LogP contribution < -0.4 is 15.2 Å². The third kappa shape index (κ3) is 4.99. The van der Waals surface area contributed by atoms with Crippen LogP contribution in [0.5, 0.6) is 5.75 Å². The van der Waals surface area contributed by atoms with E-state index >= 15 is 0 Å². The predicted octanol–water partition coefficient (Wildman–Crippen LogP) is 2.74. The molecule has 3 N–H and O–H groups in total. The summed E-state index contributed by atoms with van der Waals surface area (Å²) in [6.45, 7) is 2.39. The van der Waals surface area contributed by atoms with Crippen LogP contribution in [-0.2, 0) is 23.2 Å². The van der Waals surface area contributed by atoms with Gasteiger partial charge in [0.15, 0.2) is 5.76 Å². The fourth-order valence-electron chi connectivity index (χ4n) is 2.51. The highest BCUT2D eigenvalue weighted by atomic mass is 32.2. The third-order valence-electron chi connectivity index (χ3n) is 4.05. The van der Waals surface area contributed by atoms with E-state index in [2.05, 4.69) is 5.32 Å². The largest absolute Gasteiger partial charge is 0.485 e. The molecule has 0 radical (unpaired) electrons. The van der Waals surface area contributed by atoms with Crippen LogP contribution in [0.4, 0.5) is 0 Å². The molecule has 0 spiro atoms. The zero-order valence-electron chi connectivity index (χ0n) is 15.2. The summed E-state index contributed by atoms with van der Waals surface area (Å²) in [5.74, 6) is 1.08. The van der Waals surface area contributed by atoms with Gasteiger partial charge in [-0.25, -0.2) is 13.6 Å². The maximum Gasteiger partial charge on any atom is 0.287 e. The number of benzene rings is 2. The number of nitrogens with two attached hydrogens (primary N) is 1. The van der Waals surface area contributed by atoms with Crippen LogP contribution in [-0.4, -0.2) is 14.3 Å². The second-order valence-electron chi connectivity index (χ2n) is 6.19. The Morgan fingerprint density at radius 2 is 1.79 bits per heavy atom. The first-order chi connectivity index (χ1) is 13.3. The summed E-state index contributed by atoms with van der Waals surface area (Å²) in [6, 6.07) is 16.9. The van der Waals surface area contributed by atoms with E-state index in [-0.39, 0.29) is 29.7 Å². The molecule has 0 aliphatic heterocycles. The lowest BCUT2D eigenvalue weighted by atomic mass is 10.2. The molecule has 0 atom stereocenters. The van der Waals surface area contributed by atoms with Gasteiger partial charge in [0.2, 0.25) is 10.0 Å². The molecule has 8 heteroatoms. The van der Waals surface area contributed by atoms with Gasteiger partial charge in [-0.1, -0.05) is 30.3 Å². The van der Waals surface area contributed by atoms with E-state index in [1.165, 1.54) is 12.1 Å². The molecule has 7 nitrogen and oxygen atoms in total. The molecule has 1 aromatic heterocycles. The van der Waals surface area contributed by atoms with Crippen LogP contribution in [0.2, 0.25) is 0 Å². The Morgan fingerprint density at radius 1 is 1.07 bits per heavy atom. The first-order valence-electron chi connectivity index (χ1n) is 8.50. The summed E-state index contributed by atoms with van der Waals surface area (Å²) < 4.78 is 33.7. The molecule has 28 heavy (non-hydrogen) atoms. The van der Waals surface area contributed by atoms with Crippen molar-refractivity contribution < 1.29 is 22.4 Å². The Balaban J connectivity index is 1.55. The van der Waals surface area contributed by atoms with E-state index < -0.39 is 10.0 Å². The number of furan rings is 1. The van der Waals surface area contributed by atoms with Crippen molar-refractivity contribution in [1.82, 2.24) is 5.32 Å². The normalized spacial score (nSPS) is 11.2. The van der Waals surface area contributed by atoms with Gasteiger partial charge in [0.1, 0.15) is 18.1 Å². The highest BCUT2D eigenvalue weighted by Gasteiger charge is 2.12. The molecule has 146 valence electrons. The minimum Gasteiger partial charge on any atom is -0.485 e. The van der Waals surface area contributed by atoms with Gasteiger partial charge in [0, 0.05) is 6.54 Å². The monoisotopic (exact) mass is 400 g/mol. The number of hydrogen-bond donors (Lipinski definition) is 2. The number of aryl methyl sites for hydroxylation is 1. The number of hydrogen-bond acceptors (Lipinski definition) is 5. The fourth-order valence-corrected chi connectivity index (χ4v) is 3.03. The smallest absolute Gasteiger partial charge is 0.287 e. The molecule has 0 saturated carbocycles. The molecule has 0 saturated heterocycles. The molecule has 0 aliphatic carbocycles. The van der Waals surface area contributed by atoms with Crippen molar-refractivity contribution >= 4 is 15.9 Å². The van der Waals surface area contributed by atoms with Crippen molar-refractivity contribution in [3.63, 3.8) is 0 Å². The van der Waals surface area contributed by atoms with E-state index in [0.29, 0.717) is 5.76 Å². The van der Waals surface area contributed by atoms with Crippen molar-refractivity contribution in [2.75, 3.05) is 0 Å². The molecule has 0 fully saturated rings. The van der Waals surface area contributed by atoms with Gasteiger partial charge in [-0.3, -0.25) is 4.79 Å². The molecule has 1 amide bonds. The lowest BCUT2D eigenvalue weighted by Gasteiger charge is -2.07. The summed E-state index contributed by atoms with van der Waals surface area (Å²) in [5, 5.41) is 7.77. The van der Waals surface area contributed by atoms with E-state index in [0.717, 1.165) is 16.9 Å². The number of primary sulfonamides is 1. The zero-order chi connectivity index (χ0) is 20.1. The van der Waals surface area contributed by atoms with Crippen molar-refractivity contribution in [2.24, 2.45) is 5.14 Å². The van der Waals surface area contributed by atoms with Gasteiger partial charge in [-0.05, 0) is 48.4 Å². The highest BCUT2D eigenvalue weighted by Crippen LogP contribution is 2.18. The lowest BCUT2D eigenvalue weighted by Crippen LogP contribution is -2.22. The Morgan fingerprint density at radius 3 is 2.46 bits per heavy atom. The molecule has 3 aromatic rings. The first-order valence-corrected chi connectivity index (χ1v) is 10.0. The van der Waals surface area contributed by atoms with E-state index in [4.69, 9.17) is 14.3 Å². The quantitative estimate of drug-likeness (QED) is 0.633. The second kappa shape index (κ2) is 8.28. The van der Waals surface area contributed by atoms with E-state index in [9.17, 15) is 13.2 Å². The average Bonchev–Trinajstić information content (AvgIpc) is 3.14. The van der Waals surface area contributed by atoms with E-state index in [1.807, 2.05) is 31.2 Å². The highest BCUT2D eigenvalue weighted by molar-refractivity contribution is 7.89. The Kier molecular flexibility index (Phi) is 5.81. The number of nitrogens with one attached hydrogen (secondary N) is 1. The van der Waals surface area contributed by atoms with Gasteiger partial charge in [-0.2, -0.15) is 0 Å². The van der Waals surface area contributed by atoms with E-state index in [1.54, 1.807) is 24.3 Å². The number of carbonyl (C=O) groups is 1. The zero-order valence-corrected chi connectivity index (χ0v) is 16.0. The van der Waals surface area contributed by atoms with Crippen LogP contribution >= 0.6 is 0 Å². The molecule has 3 rings (SSSR count). The number of amides is 1. The molecule has 0 aliphatic rings. The van der Waals surface area contributed by atoms with Gasteiger partial charge in [0.25, 0.3) is 5.91 Å². The Hall–Kier alpha value is -3.10. The van der Waals surface area contributed by atoms with Gasteiger partial charge in [0.05, 0.1) is 4.90 Å². The van der Waals surface area contributed by atoms with Crippen LogP contribution in [0.15, 0.2) is 70.0 Å². The minimum atomic E-state index is -3.73. The minimum absolute atomic E-state index is 0.0203. The molecular weight excluding hydrogens is 380 g/mol. The van der Waals surface area contributed by atoms with Gasteiger partial charge in [-0.15, -0.1) is 0 Å². The van der Waals surface area contributed by atoms with Crippen LogP contribution in [0.1, 0.15) is 27.4 Å². The summed E-state index contributed by atoms with van der Waals surface area (Å²) >= 11 is 0. The number of sulfonamides is 1. The summed E-state index contributed by atoms with van der Waals surface area (Å²) in [4.78, 5) is 12.2. The number of rotatable bonds is 7. The summed E-state index contributed by atoms with van der Waals surface area (Å²) in [5.41, 5.74) is 1.75. The molecular formula is C20H20N2O5S. The molecule has 0 unspecified atom stereocenters. The van der Waals surface area contributed by atoms with Crippen LogP contribution in [0.3, 0.4) is 0 Å². The SMILES string of the molecule is Cc1ccccc1OCc1ccc(C(=O)NCc2ccc(S(N)(=O)=O)cc2)o1. The number of ether oxygens (including phenoxy) is 1. The average molecular weight is 400 g/mol. The number of carbonyl (C=O) groups excluding carboxylic acids is 1. The molecule has 2 aromatic carbocycles. The van der Waals surface area contributed by atoms with Crippen molar-refractivity contribution in [3.8, 4) is 5.75 Å². The maximum absolute atomic E-state index is 12.2. The standard InChI is InChI=1S/C20H20N2O5S/c1-14-4-2-3-5-18(14)26-13-16-8-11-19(27-16)20(23)22-12-15-6-9-17(10-7-15)28(21,24)25/h2-11H,12-13H2,1H3,(H,22,23)(H2,21,24,25). The summed E-state index contributed by atoms with van der Waals surface area (Å²) in [6.07, 6.45) is 0. The lowest BCUT2D eigenvalue weighted by molar-refractivity contribution is 0.0919. The fraction of sp³-hybridized carbons (Fsp3) is 0.150. The number of para-hydroxylation sites is 1. The Labute approximate surface area is 163 Å². The Bertz CT molecular complexity index is 1070.